The third-order valence-corrected chi connectivity index (χ3v) is 6.59. The van der Waals surface area contributed by atoms with Crippen molar-refractivity contribution in [2.45, 2.75) is 20.0 Å². The number of nitrogens with zero attached hydrogens (tertiary/aromatic N) is 3. The molecule has 1 saturated heterocycles. The Bertz CT molecular complexity index is 729. The molecule has 0 spiro atoms. The van der Waals surface area contributed by atoms with Crippen LogP contribution in [0.4, 0.5) is 5.69 Å². The van der Waals surface area contributed by atoms with E-state index in [9.17, 15) is 13.2 Å². The van der Waals surface area contributed by atoms with Crippen molar-refractivity contribution in [2.24, 2.45) is 0 Å². The Morgan fingerprint density at radius 2 is 1.84 bits per heavy atom. The van der Waals surface area contributed by atoms with Crippen molar-refractivity contribution in [3.8, 4) is 5.75 Å². The molecule has 0 N–H and O–H groups in total. The number of amides is 1. The minimum Gasteiger partial charge on any atom is -0.476 e. The smallest absolute Gasteiger partial charge is 0.265 e. The monoisotopic (exact) mass is 367 g/mol. The number of para-hydroxylation sites is 2. The van der Waals surface area contributed by atoms with Gasteiger partial charge in [0.05, 0.1) is 18.0 Å². The number of hydrogen-bond acceptors (Lipinski definition) is 5. The second-order valence-electron chi connectivity index (χ2n) is 6.27. The molecule has 0 saturated carbocycles. The number of piperazine rings is 1. The number of fused-ring (bicyclic) bond motifs is 1. The fourth-order valence-electron chi connectivity index (χ4n) is 3.24. The van der Waals surface area contributed by atoms with E-state index < -0.39 is 16.1 Å². The van der Waals surface area contributed by atoms with E-state index in [0.717, 1.165) is 19.6 Å². The maximum Gasteiger partial charge on any atom is 0.265 e. The average Bonchev–Trinajstić information content (AvgIpc) is 2.66. The summed E-state index contributed by atoms with van der Waals surface area (Å²) in [5.74, 6) is 0.287. The fraction of sp³-hybridized carbons (Fsp3) is 0.588. The maximum atomic E-state index is 12.9. The minimum absolute atomic E-state index is 0.0164. The van der Waals surface area contributed by atoms with Gasteiger partial charge in [-0.15, -0.1) is 0 Å². The van der Waals surface area contributed by atoms with Crippen molar-refractivity contribution in [1.29, 1.82) is 0 Å². The Labute approximate surface area is 149 Å². The molecule has 7 nitrogen and oxygen atoms in total. The minimum atomic E-state index is -3.47. The first kappa shape index (κ1) is 18.0. The Morgan fingerprint density at radius 1 is 1.16 bits per heavy atom. The molecule has 0 unspecified atom stereocenters. The van der Waals surface area contributed by atoms with Gasteiger partial charge < -0.3 is 14.5 Å². The van der Waals surface area contributed by atoms with Gasteiger partial charge >= 0.3 is 0 Å². The Kier molecular flexibility index (Phi) is 5.19. The quantitative estimate of drug-likeness (QED) is 0.786. The van der Waals surface area contributed by atoms with Crippen LogP contribution in [0.1, 0.15) is 13.8 Å². The van der Waals surface area contributed by atoms with Gasteiger partial charge in [-0.05, 0) is 25.6 Å². The summed E-state index contributed by atoms with van der Waals surface area (Å²) in [5.41, 5.74) is 0.504. The van der Waals surface area contributed by atoms with E-state index in [1.807, 2.05) is 0 Å². The van der Waals surface area contributed by atoms with Gasteiger partial charge in [0.15, 0.2) is 6.10 Å². The number of carbonyl (C=O) groups is 1. The van der Waals surface area contributed by atoms with Gasteiger partial charge in [-0.1, -0.05) is 19.1 Å². The predicted molar refractivity (Wildman–Crippen MR) is 96.4 cm³/mol. The van der Waals surface area contributed by atoms with E-state index in [1.165, 1.54) is 4.31 Å². The molecule has 0 aromatic heterocycles. The number of sulfonamides is 1. The summed E-state index contributed by atoms with van der Waals surface area (Å²) >= 11 is 0. The van der Waals surface area contributed by atoms with Crippen molar-refractivity contribution in [2.75, 3.05) is 49.3 Å². The van der Waals surface area contributed by atoms with E-state index in [2.05, 4.69) is 11.8 Å². The number of likely N-dealkylation sites (N-methyl/N-ethyl adjacent to an activating group) is 1. The van der Waals surface area contributed by atoms with Gasteiger partial charge in [0.1, 0.15) is 5.75 Å². The summed E-state index contributed by atoms with van der Waals surface area (Å²) in [6, 6.07) is 6.97. The zero-order valence-electron chi connectivity index (χ0n) is 14.7. The number of rotatable bonds is 4. The average molecular weight is 367 g/mol. The van der Waals surface area contributed by atoms with Crippen molar-refractivity contribution in [3.05, 3.63) is 24.3 Å². The van der Waals surface area contributed by atoms with Gasteiger partial charge in [0, 0.05) is 26.2 Å². The molecule has 1 atom stereocenters. The Hall–Kier alpha value is -1.80. The van der Waals surface area contributed by atoms with E-state index in [0.29, 0.717) is 24.5 Å². The van der Waals surface area contributed by atoms with Crippen molar-refractivity contribution < 1.29 is 17.9 Å². The number of benzene rings is 1. The van der Waals surface area contributed by atoms with Crippen LogP contribution in [0.3, 0.4) is 0 Å². The van der Waals surface area contributed by atoms with Crippen LogP contribution >= 0.6 is 0 Å². The molecular weight excluding hydrogens is 342 g/mol. The molecular formula is C17H25N3O4S. The second kappa shape index (κ2) is 7.21. The van der Waals surface area contributed by atoms with Crippen LogP contribution in [0.5, 0.6) is 5.75 Å². The van der Waals surface area contributed by atoms with E-state index >= 15 is 0 Å². The molecule has 2 heterocycles. The van der Waals surface area contributed by atoms with Crippen LogP contribution in [0, 0.1) is 0 Å². The molecule has 2 aliphatic rings. The largest absolute Gasteiger partial charge is 0.476 e. The number of ether oxygens (including phenoxy) is 1. The molecule has 2 aliphatic heterocycles. The molecule has 0 bridgehead atoms. The van der Waals surface area contributed by atoms with Crippen LogP contribution in [-0.2, 0) is 14.8 Å². The van der Waals surface area contributed by atoms with E-state index in [1.54, 1.807) is 36.1 Å². The first-order chi connectivity index (χ1) is 12.0. The molecule has 1 aromatic rings. The third kappa shape index (κ3) is 3.59. The van der Waals surface area contributed by atoms with Crippen molar-refractivity contribution in [3.63, 3.8) is 0 Å². The molecule has 8 heteroatoms. The molecule has 0 aliphatic carbocycles. The molecule has 1 amide bonds. The highest BCUT2D eigenvalue weighted by molar-refractivity contribution is 7.92. The van der Waals surface area contributed by atoms with Crippen LogP contribution in [0.15, 0.2) is 24.3 Å². The molecule has 1 aromatic carbocycles. The normalized spacial score (nSPS) is 21.6. The summed E-state index contributed by atoms with van der Waals surface area (Å²) < 4.78 is 32.1. The van der Waals surface area contributed by atoms with Gasteiger partial charge in [-0.3, -0.25) is 9.10 Å². The van der Waals surface area contributed by atoms with Gasteiger partial charge in [-0.25, -0.2) is 8.42 Å². The highest BCUT2D eigenvalue weighted by Crippen LogP contribution is 2.35. The lowest BCUT2D eigenvalue weighted by Gasteiger charge is -2.39. The van der Waals surface area contributed by atoms with E-state index in [4.69, 9.17) is 4.74 Å². The number of hydrogen-bond donors (Lipinski definition) is 0. The van der Waals surface area contributed by atoms with Crippen molar-refractivity contribution >= 4 is 21.6 Å². The third-order valence-electron chi connectivity index (χ3n) is 4.84. The molecule has 138 valence electrons. The lowest BCUT2D eigenvalue weighted by atomic mass is 10.2. The summed E-state index contributed by atoms with van der Waals surface area (Å²) in [6.45, 7) is 7.67. The Balaban J connectivity index is 1.81. The number of anilines is 1. The van der Waals surface area contributed by atoms with Crippen LogP contribution in [-0.4, -0.2) is 75.3 Å². The van der Waals surface area contributed by atoms with E-state index in [-0.39, 0.29) is 18.2 Å². The fourth-order valence-corrected chi connectivity index (χ4v) is 4.36. The van der Waals surface area contributed by atoms with Crippen molar-refractivity contribution in [1.82, 2.24) is 9.80 Å². The summed E-state index contributed by atoms with van der Waals surface area (Å²) in [7, 11) is -3.47. The lowest BCUT2D eigenvalue weighted by Crippen LogP contribution is -2.56. The summed E-state index contributed by atoms with van der Waals surface area (Å²) in [6.07, 6.45) is -0.801. The maximum absolute atomic E-state index is 12.9. The zero-order valence-corrected chi connectivity index (χ0v) is 15.5. The standard InChI is InChI=1S/C17H25N3O4S/c1-3-18-9-11-19(12-10-18)17(21)16-13-20(25(22,23)4-2)14-7-5-6-8-15(14)24-16/h5-8,16H,3-4,9-13H2,1-2H3/t16-/m1/s1. The molecule has 1 fully saturated rings. The topological polar surface area (TPSA) is 70.2 Å². The zero-order chi connectivity index (χ0) is 18.0. The Morgan fingerprint density at radius 3 is 2.48 bits per heavy atom. The lowest BCUT2D eigenvalue weighted by molar-refractivity contribution is -0.140. The molecule has 25 heavy (non-hydrogen) atoms. The highest BCUT2D eigenvalue weighted by Gasteiger charge is 2.38. The molecule has 0 radical (unpaired) electrons. The van der Waals surface area contributed by atoms with Gasteiger partial charge in [0.25, 0.3) is 5.91 Å². The van der Waals surface area contributed by atoms with Gasteiger partial charge in [-0.2, -0.15) is 0 Å². The predicted octanol–water partition coefficient (Wildman–Crippen LogP) is 0.768. The van der Waals surface area contributed by atoms with Gasteiger partial charge in [0.2, 0.25) is 10.0 Å². The van der Waals surface area contributed by atoms with Crippen LogP contribution in [0.25, 0.3) is 0 Å². The second-order valence-corrected chi connectivity index (χ2v) is 8.45. The summed E-state index contributed by atoms with van der Waals surface area (Å²) in [4.78, 5) is 16.9. The first-order valence-electron chi connectivity index (χ1n) is 8.73. The summed E-state index contributed by atoms with van der Waals surface area (Å²) in [5, 5.41) is 0. The van der Waals surface area contributed by atoms with Crippen LogP contribution in [0.2, 0.25) is 0 Å². The molecule has 3 rings (SSSR count). The first-order valence-corrected chi connectivity index (χ1v) is 10.3. The number of carbonyl (C=O) groups excluding carboxylic acids is 1. The van der Waals surface area contributed by atoms with Crippen LogP contribution < -0.4 is 9.04 Å². The SMILES string of the molecule is CCN1CCN(C(=O)[C@H]2CN(S(=O)(=O)CC)c3ccccc3O2)CC1. The highest BCUT2D eigenvalue weighted by atomic mass is 32.2.